The highest BCUT2D eigenvalue weighted by molar-refractivity contribution is 6.37. The highest BCUT2D eigenvalue weighted by atomic mass is 35.5. The molecule has 144 valence electrons. The van der Waals surface area contributed by atoms with Crippen LogP contribution in [0.25, 0.3) is 0 Å². The van der Waals surface area contributed by atoms with E-state index < -0.39 is 0 Å². The topological polar surface area (TPSA) is 81.0 Å². The van der Waals surface area contributed by atoms with Crippen molar-refractivity contribution in [3.63, 3.8) is 0 Å². The molecule has 1 fully saturated rings. The summed E-state index contributed by atoms with van der Waals surface area (Å²) in [6.07, 6.45) is 3.99. The molecule has 0 aliphatic heterocycles. The Morgan fingerprint density at radius 1 is 1.30 bits per heavy atom. The van der Waals surface area contributed by atoms with Gasteiger partial charge in [0.05, 0.1) is 10.0 Å². The van der Waals surface area contributed by atoms with E-state index in [1.807, 2.05) is 0 Å². The zero-order valence-electron chi connectivity index (χ0n) is 15.4. The normalized spacial score (nSPS) is 24.0. The number of anilines is 1. The Balaban J connectivity index is 1.76. The van der Waals surface area contributed by atoms with Gasteiger partial charge in [0, 0.05) is 16.8 Å². The summed E-state index contributed by atoms with van der Waals surface area (Å²) in [5, 5.41) is 7.42. The molecule has 5 nitrogen and oxygen atoms in total. The SMILES string of the molecule is CC(C)C1C[C@@H]1C1CCCc2c1c(Oc1c(Cl)cc(N)cc1Cl)n[nH]c2=O. The summed E-state index contributed by atoms with van der Waals surface area (Å²) in [5.41, 5.74) is 7.83. The van der Waals surface area contributed by atoms with Gasteiger partial charge in [0.25, 0.3) is 5.56 Å². The fourth-order valence-corrected chi connectivity index (χ4v) is 5.08. The van der Waals surface area contributed by atoms with Crippen molar-refractivity contribution in [3.8, 4) is 11.6 Å². The zero-order valence-corrected chi connectivity index (χ0v) is 16.9. The first kappa shape index (κ1) is 18.6. The van der Waals surface area contributed by atoms with E-state index in [0.717, 1.165) is 30.4 Å². The van der Waals surface area contributed by atoms with E-state index in [-0.39, 0.29) is 11.5 Å². The van der Waals surface area contributed by atoms with Crippen LogP contribution in [0.5, 0.6) is 11.6 Å². The van der Waals surface area contributed by atoms with E-state index in [1.54, 1.807) is 12.1 Å². The Morgan fingerprint density at radius 3 is 2.63 bits per heavy atom. The molecule has 2 aliphatic rings. The Morgan fingerprint density at radius 2 is 2.00 bits per heavy atom. The first-order chi connectivity index (χ1) is 12.9. The lowest BCUT2D eigenvalue weighted by Gasteiger charge is -2.27. The average molecular weight is 408 g/mol. The molecule has 2 aromatic rings. The Bertz CT molecular complexity index is 918. The van der Waals surface area contributed by atoms with Gasteiger partial charge in [-0.25, -0.2) is 5.10 Å². The predicted octanol–water partition coefficient (Wildman–Crippen LogP) is 5.16. The lowest BCUT2D eigenvalue weighted by Crippen LogP contribution is -2.25. The molecule has 0 radical (unpaired) electrons. The van der Waals surface area contributed by atoms with E-state index in [9.17, 15) is 4.79 Å². The molecule has 2 aliphatic carbocycles. The zero-order chi connectivity index (χ0) is 19.3. The summed E-state index contributed by atoms with van der Waals surface area (Å²) in [6, 6.07) is 3.18. The molecule has 0 spiro atoms. The van der Waals surface area contributed by atoms with Crippen LogP contribution in [-0.4, -0.2) is 10.2 Å². The molecule has 4 rings (SSSR count). The lowest BCUT2D eigenvalue weighted by molar-refractivity contribution is 0.393. The minimum atomic E-state index is -0.127. The first-order valence-corrected chi connectivity index (χ1v) is 10.2. The number of hydrogen-bond donors (Lipinski definition) is 2. The van der Waals surface area contributed by atoms with Gasteiger partial charge in [0.2, 0.25) is 5.88 Å². The number of ether oxygens (including phenoxy) is 1. The molecule has 0 amide bonds. The summed E-state index contributed by atoms with van der Waals surface area (Å²) in [5.74, 6) is 2.91. The summed E-state index contributed by atoms with van der Waals surface area (Å²) in [6.45, 7) is 4.52. The molecule has 7 heteroatoms. The number of nitrogens with two attached hydrogens (primary N) is 1. The number of rotatable bonds is 4. The van der Waals surface area contributed by atoms with Crippen molar-refractivity contribution in [3.05, 3.63) is 43.7 Å². The predicted molar refractivity (Wildman–Crippen MR) is 108 cm³/mol. The van der Waals surface area contributed by atoms with Gasteiger partial charge >= 0.3 is 0 Å². The summed E-state index contributed by atoms with van der Waals surface area (Å²) >= 11 is 12.6. The van der Waals surface area contributed by atoms with Crippen molar-refractivity contribution >= 4 is 28.9 Å². The molecule has 1 aromatic heterocycles. The number of nitrogens with zero attached hydrogens (tertiary/aromatic N) is 1. The molecule has 1 saturated carbocycles. The quantitative estimate of drug-likeness (QED) is 0.685. The van der Waals surface area contributed by atoms with Gasteiger partial charge in [0.1, 0.15) is 0 Å². The second-order valence-electron chi connectivity index (χ2n) is 7.97. The van der Waals surface area contributed by atoms with Gasteiger partial charge in [-0.2, -0.15) is 0 Å². The van der Waals surface area contributed by atoms with Crippen molar-refractivity contribution in [2.75, 3.05) is 5.73 Å². The molecule has 1 heterocycles. The van der Waals surface area contributed by atoms with E-state index in [1.165, 1.54) is 6.42 Å². The summed E-state index contributed by atoms with van der Waals surface area (Å²) < 4.78 is 6.05. The second kappa shape index (κ2) is 7.02. The van der Waals surface area contributed by atoms with Gasteiger partial charge in [-0.3, -0.25) is 4.79 Å². The third-order valence-corrected chi connectivity index (χ3v) is 6.45. The number of nitrogens with one attached hydrogen (secondary N) is 1. The largest absolute Gasteiger partial charge is 0.434 e. The Labute approximate surface area is 168 Å². The van der Waals surface area contributed by atoms with E-state index in [4.69, 9.17) is 33.7 Å². The number of halogens is 2. The van der Waals surface area contributed by atoms with Crippen LogP contribution in [0, 0.1) is 17.8 Å². The fourth-order valence-electron chi connectivity index (χ4n) is 4.50. The minimum Gasteiger partial charge on any atom is -0.434 e. The third-order valence-electron chi connectivity index (χ3n) is 5.88. The van der Waals surface area contributed by atoms with Crippen LogP contribution in [0.4, 0.5) is 5.69 Å². The maximum Gasteiger partial charge on any atom is 0.267 e. The molecule has 0 saturated heterocycles. The minimum absolute atomic E-state index is 0.127. The molecule has 3 atom stereocenters. The standard InChI is InChI=1S/C20H23Cl2N3O2/c1-9(2)13-8-14(13)11-4-3-5-12-17(11)20(25-24-19(12)26)27-18-15(21)6-10(23)7-16(18)22/h6-7,9,11,13-14H,3-5,8,23H2,1-2H3,(H,24,26)/t11?,13?,14-/m1/s1. The van der Waals surface area contributed by atoms with Crippen LogP contribution in [0.15, 0.2) is 16.9 Å². The summed E-state index contributed by atoms with van der Waals surface area (Å²) in [7, 11) is 0. The monoisotopic (exact) mass is 407 g/mol. The Kier molecular flexibility index (Phi) is 4.85. The number of aromatic nitrogens is 2. The van der Waals surface area contributed by atoms with Crippen molar-refractivity contribution in [2.45, 2.75) is 45.4 Å². The van der Waals surface area contributed by atoms with Crippen LogP contribution in [0.2, 0.25) is 10.0 Å². The molecule has 2 unspecified atom stereocenters. The number of benzene rings is 1. The van der Waals surface area contributed by atoms with Crippen molar-refractivity contribution in [1.82, 2.24) is 10.2 Å². The van der Waals surface area contributed by atoms with Crippen LogP contribution in [0.3, 0.4) is 0 Å². The van der Waals surface area contributed by atoms with Crippen LogP contribution < -0.4 is 16.0 Å². The number of H-pyrrole nitrogens is 1. The molecule has 1 aromatic carbocycles. The number of hydrogen-bond acceptors (Lipinski definition) is 4. The third kappa shape index (κ3) is 3.43. The van der Waals surface area contributed by atoms with Crippen molar-refractivity contribution in [2.24, 2.45) is 17.8 Å². The maximum atomic E-state index is 12.4. The lowest BCUT2D eigenvalue weighted by atomic mass is 9.80. The number of fused-ring (bicyclic) bond motifs is 1. The van der Waals surface area contributed by atoms with E-state index >= 15 is 0 Å². The van der Waals surface area contributed by atoms with Gasteiger partial charge < -0.3 is 10.5 Å². The number of nitrogen functional groups attached to an aromatic ring is 1. The van der Waals surface area contributed by atoms with Crippen LogP contribution in [0.1, 0.15) is 50.2 Å². The highest BCUT2D eigenvalue weighted by Gasteiger charge is 2.47. The van der Waals surface area contributed by atoms with Gasteiger partial charge in [-0.1, -0.05) is 37.0 Å². The van der Waals surface area contributed by atoms with Crippen LogP contribution >= 0.6 is 23.2 Å². The molecular weight excluding hydrogens is 385 g/mol. The smallest absolute Gasteiger partial charge is 0.267 e. The molecule has 3 N–H and O–H groups in total. The maximum absolute atomic E-state index is 12.4. The Hall–Kier alpha value is -1.72. The molecule has 27 heavy (non-hydrogen) atoms. The van der Waals surface area contributed by atoms with Crippen LogP contribution in [-0.2, 0) is 6.42 Å². The van der Waals surface area contributed by atoms with Gasteiger partial charge in [-0.05, 0) is 61.5 Å². The average Bonchev–Trinajstić information content (AvgIpc) is 3.40. The second-order valence-corrected chi connectivity index (χ2v) is 8.79. The van der Waals surface area contributed by atoms with E-state index in [2.05, 4.69) is 24.0 Å². The van der Waals surface area contributed by atoms with Gasteiger partial charge in [-0.15, -0.1) is 5.10 Å². The fraction of sp³-hybridized carbons (Fsp3) is 0.500. The van der Waals surface area contributed by atoms with Gasteiger partial charge in [0.15, 0.2) is 5.75 Å². The molecular formula is C20H23Cl2N3O2. The first-order valence-electron chi connectivity index (χ1n) is 9.40. The van der Waals surface area contributed by atoms with Crippen molar-refractivity contribution in [1.29, 1.82) is 0 Å². The molecule has 0 bridgehead atoms. The van der Waals surface area contributed by atoms with Crippen molar-refractivity contribution < 1.29 is 4.74 Å². The highest BCUT2D eigenvalue weighted by Crippen LogP contribution is 2.57. The summed E-state index contributed by atoms with van der Waals surface area (Å²) in [4.78, 5) is 12.4. The number of aromatic amines is 1. The van der Waals surface area contributed by atoms with E-state index in [0.29, 0.717) is 45.1 Å².